The summed E-state index contributed by atoms with van der Waals surface area (Å²) in [6.45, 7) is 14.3. The van der Waals surface area contributed by atoms with Crippen LogP contribution in [0, 0.1) is 27.7 Å². The largest absolute Gasteiger partial charge is 0.322 e. The summed E-state index contributed by atoms with van der Waals surface area (Å²) in [6, 6.07) is 9.76. The molecule has 180 valence electrons. The molecule has 0 fully saturated rings. The van der Waals surface area contributed by atoms with Crippen LogP contribution in [0.2, 0.25) is 5.02 Å². The van der Waals surface area contributed by atoms with Gasteiger partial charge in [-0.05, 0) is 82.3 Å². The van der Waals surface area contributed by atoms with Crippen LogP contribution >= 0.6 is 18.9 Å². The lowest BCUT2D eigenvalue weighted by Gasteiger charge is -2.32. The Labute approximate surface area is 205 Å². The van der Waals surface area contributed by atoms with Crippen molar-refractivity contribution in [3.63, 3.8) is 0 Å². The first-order valence-corrected chi connectivity index (χ1v) is 14.7. The Hall–Kier alpha value is -1.90. The second-order valence-corrected chi connectivity index (χ2v) is 14.1. The average molecular weight is 490 g/mol. The first kappa shape index (κ1) is 27.3. The highest BCUT2D eigenvalue weighted by Crippen LogP contribution is 2.63. The number of rotatable bonds is 10. The Morgan fingerprint density at radius 2 is 1.39 bits per heavy atom. The van der Waals surface area contributed by atoms with Gasteiger partial charge in [-0.2, -0.15) is 0 Å². The summed E-state index contributed by atoms with van der Waals surface area (Å²) in [5, 5.41) is 7.03. The summed E-state index contributed by atoms with van der Waals surface area (Å²) < 4.78 is 0. The molecule has 0 aliphatic rings. The SMILES string of the molecule is CCCC(C(=O)Nc1c(C)cc(Cl)cc1C)[P+](CC)(CC)CC(=O)Nc1c(C)cccc1C. The molecule has 0 aliphatic carbocycles. The Balaban J connectivity index is 2.33. The molecule has 2 N–H and O–H groups in total. The van der Waals surface area contributed by atoms with Crippen molar-refractivity contribution in [2.75, 3.05) is 29.1 Å². The fourth-order valence-corrected chi connectivity index (χ4v) is 9.06. The quantitative estimate of drug-likeness (QED) is 0.342. The van der Waals surface area contributed by atoms with Crippen molar-refractivity contribution in [2.45, 2.75) is 67.0 Å². The molecule has 2 amide bonds. The molecule has 0 heterocycles. The van der Waals surface area contributed by atoms with Gasteiger partial charge >= 0.3 is 0 Å². The fourth-order valence-electron chi connectivity index (χ4n) is 4.72. The van der Waals surface area contributed by atoms with E-state index in [4.69, 9.17) is 11.6 Å². The van der Waals surface area contributed by atoms with E-state index in [9.17, 15) is 9.59 Å². The second-order valence-electron chi connectivity index (χ2n) is 9.03. The van der Waals surface area contributed by atoms with Gasteiger partial charge in [0.25, 0.3) is 11.8 Å². The number of amides is 2. The molecule has 2 rings (SSSR count). The lowest BCUT2D eigenvalue weighted by Crippen LogP contribution is -2.36. The van der Waals surface area contributed by atoms with Crippen LogP contribution in [-0.2, 0) is 9.59 Å². The van der Waals surface area contributed by atoms with E-state index in [0.717, 1.165) is 58.8 Å². The predicted octanol–water partition coefficient (Wildman–Crippen LogP) is 7.38. The normalized spacial score (nSPS) is 12.4. The zero-order valence-corrected chi connectivity index (χ0v) is 22.8. The molecule has 33 heavy (non-hydrogen) atoms. The molecular weight excluding hydrogens is 451 g/mol. The summed E-state index contributed by atoms with van der Waals surface area (Å²) in [5.41, 5.74) is 5.57. The third-order valence-corrected chi connectivity index (χ3v) is 12.2. The number of aryl methyl sites for hydroxylation is 4. The number of hydrogen-bond donors (Lipinski definition) is 2. The number of para-hydroxylation sites is 1. The highest BCUT2D eigenvalue weighted by molar-refractivity contribution is 7.78. The minimum Gasteiger partial charge on any atom is -0.322 e. The molecule has 0 aromatic heterocycles. The van der Waals surface area contributed by atoms with E-state index in [1.165, 1.54) is 0 Å². The highest BCUT2D eigenvalue weighted by atomic mass is 35.5. The predicted molar refractivity (Wildman–Crippen MR) is 146 cm³/mol. The number of benzene rings is 2. The fraction of sp³-hybridized carbons (Fsp3) is 0.481. The standard InChI is InChI=1S/C27H38ClN2O2P/c1-8-12-23(27(32)30-26-20(6)15-22(28)16-21(26)7)33(9-2,10-3)17-24(31)29-25-18(4)13-11-14-19(25)5/h11,13-16,23H,8-10,12,17H2,1-7H3,(H-,29,30,31,32)/p+1. The molecule has 4 nitrogen and oxygen atoms in total. The second kappa shape index (κ2) is 12.0. The molecule has 2 aromatic carbocycles. The van der Waals surface area contributed by atoms with Gasteiger partial charge in [-0.3, -0.25) is 9.59 Å². The number of halogens is 1. The van der Waals surface area contributed by atoms with E-state index in [1.54, 1.807) is 0 Å². The Morgan fingerprint density at radius 1 is 0.879 bits per heavy atom. The van der Waals surface area contributed by atoms with E-state index in [-0.39, 0.29) is 17.5 Å². The number of hydrogen-bond acceptors (Lipinski definition) is 2. The number of anilines is 2. The molecule has 2 aromatic rings. The molecule has 0 saturated carbocycles. The van der Waals surface area contributed by atoms with Crippen LogP contribution in [0.3, 0.4) is 0 Å². The van der Waals surface area contributed by atoms with Crippen LogP contribution in [-0.4, -0.2) is 36.0 Å². The van der Waals surface area contributed by atoms with Crippen molar-refractivity contribution in [2.24, 2.45) is 0 Å². The maximum Gasteiger partial charge on any atom is 0.265 e. The van der Waals surface area contributed by atoms with Gasteiger partial charge in [0.15, 0.2) is 0 Å². The smallest absolute Gasteiger partial charge is 0.265 e. The lowest BCUT2D eigenvalue weighted by atomic mass is 10.1. The van der Waals surface area contributed by atoms with Crippen LogP contribution in [0.4, 0.5) is 11.4 Å². The van der Waals surface area contributed by atoms with Crippen LogP contribution in [0.5, 0.6) is 0 Å². The molecule has 0 spiro atoms. The van der Waals surface area contributed by atoms with Crippen LogP contribution < -0.4 is 10.6 Å². The van der Waals surface area contributed by atoms with Gasteiger partial charge in [0, 0.05) is 23.7 Å². The summed E-state index contributed by atoms with van der Waals surface area (Å²) >= 11 is 6.18. The van der Waals surface area contributed by atoms with Gasteiger partial charge in [0.1, 0.15) is 11.8 Å². The zero-order valence-electron chi connectivity index (χ0n) is 21.1. The van der Waals surface area contributed by atoms with Gasteiger partial charge in [0.05, 0.1) is 12.3 Å². The Bertz CT molecular complexity index is 958. The molecular formula is C27H39ClN2O2P+. The monoisotopic (exact) mass is 489 g/mol. The van der Waals surface area contributed by atoms with Gasteiger partial charge in [-0.25, -0.2) is 0 Å². The molecule has 6 heteroatoms. The van der Waals surface area contributed by atoms with E-state index in [1.807, 2.05) is 58.0 Å². The van der Waals surface area contributed by atoms with Gasteiger partial charge < -0.3 is 10.6 Å². The minimum absolute atomic E-state index is 0.0113. The van der Waals surface area contributed by atoms with Crippen molar-refractivity contribution in [1.29, 1.82) is 0 Å². The number of nitrogens with one attached hydrogen (secondary N) is 2. The van der Waals surface area contributed by atoms with Crippen molar-refractivity contribution in [3.05, 3.63) is 57.6 Å². The molecule has 1 atom stereocenters. The van der Waals surface area contributed by atoms with E-state index < -0.39 is 7.26 Å². The van der Waals surface area contributed by atoms with E-state index in [2.05, 4.69) is 31.4 Å². The summed E-state index contributed by atoms with van der Waals surface area (Å²) in [7, 11) is -1.89. The topological polar surface area (TPSA) is 58.2 Å². The number of carbonyl (C=O) groups excluding carboxylic acids is 2. The van der Waals surface area contributed by atoms with Crippen molar-refractivity contribution in [3.8, 4) is 0 Å². The van der Waals surface area contributed by atoms with Gasteiger partial charge in [0.2, 0.25) is 0 Å². The maximum atomic E-state index is 13.7. The highest BCUT2D eigenvalue weighted by Gasteiger charge is 2.48. The van der Waals surface area contributed by atoms with Gasteiger partial charge in [-0.1, -0.05) is 43.1 Å². The minimum atomic E-state index is -1.89. The molecule has 0 aliphatic heterocycles. The summed E-state index contributed by atoms with van der Waals surface area (Å²) in [5.74, 6) is 0.0412. The molecule has 0 saturated heterocycles. The first-order chi connectivity index (χ1) is 15.6. The summed E-state index contributed by atoms with van der Waals surface area (Å²) in [6.07, 6.45) is 3.83. The third-order valence-electron chi connectivity index (χ3n) is 6.74. The average Bonchev–Trinajstić information content (AvgIpc) is 2.75. The van der Waals surface area contributed by atoms with Crippen LogP contribution in [0.25, 0.3) is 0 Å². The molecule has 0 bridgehead atoms. The van der Waals surface area contributed by atoms with Crippen LogP contribution in [0.15, 0.2) is 30.3 Å². The van der Waals surface area contributed by atoms with Crippen molar-refractivity contribution in [1.82, 2.24) is 0 Å². The lowest BCUT2D eigenvalue weighted by molar-refractivity contribution is -0.116. The van der Waals surface area contributed by atoms with Crippen LogP contribution in [0.1, 0.15) is 55.9 Å². The first-order valence-electron chi connectivity index (χ1n) is 11.9. The molecule has 1 unspecified atom stereocenters. The molecule has 0 radical (unpaired) electrons. The Morgan fingerprint density at radius 3 is 1.88 bits per heavy atom. The van der Waals surface area contributed by atoms with Crippen molar-refractivity contribution < 1.29 is 9.59 Å². The van der Waals surface area contributed by atoms with Gasteiger partial charge in [-0.15, -0.1) is 0 Å². The maximum absolute atomic E-state index is 13.7. The van der Waals surface area contributed by atoms with E-state index in [0.29, 0.717) is 11.2 Å². The van der Waals surface area contributed by atoms with E-state index >= 15 is 0 Å². The zero-order chi connectivity index (χ0) is 24.8. The Kier molecular flexibility index (Phi) is 9.94. The summed E-state index contributed by atoms with van der Waals surface area (Å²) in [4.78, 5) is 26.9. The van der Waals surface area contributed by atoms with Crippen molar-refractivity contribution >= 4 is 42.1 Å². The third kappa shape index (κ3) is 6.58. The number of carbonyl (C=O) groups is 2.